The summed E-state index contributed by atoms with van der Waals surface area (Å²) in [5.41, 5.74) is 2.45. The van der Waals surface area contributed by atoms with E-state index in [0.717, 1.165) is 11.0 Å². The summed E-state index contributed by atoms with van der Waals surface area (Å²) in [4.78, 5) is 33.3. The number of aromatic amines is 1. The predicted molar refractivity (Wildman–Crippen MR) is 104 cm³/mol. The van der Waals surface area contributed by atoms with E-state index in [9.17, 15) is 14.9 Å². The van der Waals surface area contributed by atoms with Crippen molar-refractivity contribution < 1.29 is 14.5 Å². The normalized spacial score (nSPS) is 15.0. The zero-order valence-electron chi connectivity index (χ0n) is 15.0. The maximum Gasteiger partial charge on any atom is 0.270 e. The number of hydrogen-bond acceptors (Lipinski definition) is 5. The van der Waals surface area contributed by atoms with E-state index in [1.807, 2.05) is 24.3 Å². The molecule has 0 atom stereocenters. The molecule has 0 radical (unpaired) electrons. The minimum absolute atomic E-state index is 0.0310. The molecule has 1 aromatic heterocycles. The van der Waals surface area contributed by atoms with Crippen LogP contribution in [0, 0.1) is 10.1 Å². The fourth-order valence-electron chi connectivity index (χ4n) is 3.14. The molecule has 142 valence electrons. The third-order valence-corrected chi connectivity index (χ3v) is 4.57. The van der Waals surface area contributed by atoms with Gasteiger partial charge in [0.2, 0.25) is 0 Å². The maximum atomic E-state index is 13.2. The van der Waals surface area contributed by atoms with Crippen molar-refractivity contribution in [3.63, 3.8) is 0 Å². The van der Waals surface area contributed by atoms with Crippen LogP contribution in [0.3, 0.4) is 0 Å². The Bertz CT molecular complexity index is 1030. The van der Waals surface area contributed by atoms with Crippen molar-refractivity contribution in [1.29, 1.82) is 0 Å². The van der Waals surface area contributed by atoms with Crippen molar-refractivity contribution >= 4 is 34.3 Å². The number of aromatic nitrogens is 2. The molecule has 3 aromatic rings. The molecule has 1 amide bonds. The second-order valence-electron chi connectivity index (χ2n) is 6.42. The third kappa shape index (κ3) is 3.63. The van der Waals surface area contributed by atoms with Gasteiger partial charge in [0.05, 0.1) is 34.7 Å². The lowest BCUT2D eigenvalue weighted by Crippen LogP contribution is -2.41. The first-order valence-electron chi connectivity index (χ1n) is 8.90. The van der Waals surface area contributed by atoms with E-state index in [2.05, 4.69) is 9.97 Å². The highest BCUT2D eigenvalue weighted by Gasteiger charge is 2.24. The van der Waals surface area contributed by atoms with E-state index in [4.69, 9.17) is 4.74 Å². The number of H-pyrrole nitrogens is 1. The van der Waals surface area contributed by atoms with Gasteiger partial charge in [-0.3, -0.25) is 14.9 Å². The molecule has 1 fully saturated rings. The average Bonchev–Trinajstić information content (AvgIpc) is 3.16. The highest BCUT2D eigenvalue weighted by molar-refractivity contribution is 6.23. The summed E-state index contributed by atoms with van der Waals surface area (Å²) in [5.74, 6) is 0.248. The van der Waals surface area contributed by atoms with Crippen LogP contribution < -0.4 is 0 Å². The number of nitrogens with one attached hydrogen (secondary N) is 1. The molecule has 0 aliphatic carbocycles. The Hall–Kier alpha value is -3.52. The highest BCUT2D eigenvalue weighted by atomic mass is 16.6. The molecule has 2 heterocycles. The molecule has 0 spiro atoms. The Morgan fingerprint density at radius 1 is 1.18 bits per heavy atom. The summed E-state index contributed by atoms with van der Waals surface area (Å²) >= 11 is 0. The van der Waals surface area contributed by atoms with Crippen LogP contribution in [0.5, 0.6) is 0 Å². The lowest BCUT2D eigenvalue weighted by Gasteiger charge is -2.27. The highest BCUT2D eigenvalue weighted by Crippen LogP contribution is 2.24. The fraction of sp³-hybridized carbons (Fsp3) is 0.200. The first-order chi connectivity index (χ1) is 13.6. The third-order valence-electron chi connectivity index (χ3n) is 4.57. The molecule has 1 aliphatic rings. The van der Waals surface area contributed by atoms with Gasteiger partial charge in [0, 0.05) is 25.2 Å². The molecule has 1 saturated heterocycles. The number of non-ortho nitro benzene ring substituents is 1. The van der Waals surface area contributed by atoms with Gasteiger partial charge in [-0.05, 0) is 23.8 Å². The molecule has 4 rings (SSSR count). The smallest absolute Gasteiger partial charge is 0.270 e. The average molecular weight is 378 g/mol. The second-order valence-corrected chi connectivity index (χ2v) is 6.42. The minimum Gasteiger partial charge on any atom is -0.378 e. The molecular weight excluding hydrogens is 360 g/mol. The minimum atomic E-state index is -0.456. The monoisotopic (exact) mass is 378 g/mol. The van der Waals surface area contributed by atoms with Crippen molar-refractivity contribution in [2.45, 2.75) is 0 Å². The van der Waals surface area contributed by atoms with E-state index >= 15 is 0 Å². The number of carbonyl (C=O) groups excluding carboxylic acids is 1. The molecule has 0 bridgehead atoms. The van der Waals surface area contributed by atoms with E-state index < -0.39 is 4.92 Å². The molecule has 8 nitrogen and oxygen atoms in total. The number of benzene rings is 2. The Morgan fingerprint density at radius 2 is 1.96 bits per heavy atom. The summed E-state index contributed by atoms with van der Waals surface area (Å²) < 4.78 is 5.33. The lowest BCUT2D eigenvalue weighted by molar-refractivity contribution is -0.384. The Labute approximate surface area is 160 Å². The number of amides is 1. The number of nitrogens with zero attached hydrogens (tertiary/aromatic N) is 3. The number of nitro groups is 1. The topological polar surface area (TPSA) is 101 Å². The number of fused-ring (bicyclic) bond motifs is 1. The zero-order valence-corrected chi connectivity index (χ0v) is 15.0. The fourth-order valence-corrected chi connectivity index (χ4v) is 3.14. The number of nitro benzene ring substituents is 1. The molecule has 0 saturated carbocycles. The van der Waals surface area contributed by atoms with Crippen LogP contribution in [0.4, 0.5) is 5.69 Å². The molecule has 1 N–H and O–H groups in total. The van der Waals surface area contributed by atoms with Crippen molar-refractivity contribution in [2.24, 2.45) is 0 Å². The summed E-state index contributed by atoms with van der Waals surface area (Å²) in [6, 6.07) is 13.7. The van der Waals surface area contributed by atoms with Gasteiger partial charge in [0.25, 0.3) is 11.6 Å². The van der Waals surface area contributed by atoms with Crippen molar-refractivity contribution in [2.75, 3.05) is 26.3 Å². The van der Waals surface area contributed by atoms with Crippen LogP contribution in [0.25, 0.3) is 22.7 Å². The quantitative estimate of drug-likeness (QED) is 0.427. The van der Waals surface area contributed by atoms with Gasteiger partial charge >= 0.3 is 0 Å². The van der Waals surface area contributed by atoms with Gasteiger partial charge in [0.1, 0.15) is 5.82 Å². The second kappa shape index (κ2) is 7.61. The first kappa shape index (κ1) is 17.9. The molecule has 0 unspecified atom stereocenters. The molecule has 8 heteroatoms. The molecule has 1 aliphatic heterocycles. The van der Waals surface area contributed by atoms with Crippen LogP contribution >= 0.6 is 0 Å². The van der Waals surface area contributed by atoms with E-state index in [1.54, 1.807) is 23.1 Å². The number of rotatable bonds is 4. The van der Waals surface area contributed by atoms with Crippen molar-refractivity contribution in [3.8, 4) is 0 Å². The van der Waals surface area contributed by atoms with Gasteiger partial charge in [-0.2, -0.15) is 0 Å². The van der Waals surface area contributed by atoms with Crippen LogP contribution in [-0.2, 0) is 9.53 Å². The summed E-state index contributed by atoms with van der Waals surface area (Å²) in [6.07, 6.45) is 1.64. The first-order valence-corrected chi connectivity index (χ1v) is 8.90. The predicted octanol–water partition coefficient (Wildman–Crippen LogP) is 2.87. The van der Waals surface area contributed by atoms with Gasteiger partial charge in [-0.25, -0.2) is 4.98 Å². The number of imidazole rings is 1. The Kier molecular flexibility index (Phi) is 4.86. The van der Waals surface area contributed by atoms with Gasteiger partial charge < -0.3 is 14.6 Å². The van der Waals surface area contributed by atoms with E-state index in [-0.39, 0.29) is 11.6 Å². The van der Waals surface area contributed by atoms with E-state index in [0.29, 0.717) is 43.3 Å². The summed E-state index contributed by atoms with van der Waals surface area (Å²) in [6.45, 7) is 1.95. The number of morpholine rings is 1. The largest absolute Gasteiger partial charge is 0.378 e. The lowest BCUT2D eigenvalue weighted by atomic mass is 10.1. The summed E-state index contributed by atoms with van der Waals surface area (Å²) in [7, 11) is 0. The van der Waals surface area contributed by atoms with Crippen LogP contribution in [0.1, 0.15) is 11.4 Å². The van der Waals surface area contributed by atoms with Crippen LogP contribution in [0.2, 0.25) is 0 Å². The standard InChI is InChI=1S/C20H18N4O4/c25-20(23-8-10-28-11-9-23)16(13-14-4-3-5-15(12-14)24(26)27)19-21-17-6-1-2-7-18(17)22-19/h1-7,12-13H,8-11H2,(H,21,22). The van der Waals surface area contributed by atoms with Gasteiger partial charge in [0.15, 0.2) is 0 Å². The van der Waals surface area contributed by atoms with Crippen molar-refractivity contribution in [3.05, 3.63) is 70.0 Å². The van der Waals surface area contributed by atoms with Gasteiger partial charge in [-0.15, -0.1) is 0 Å². The van der Waals surface area contributed by atoms with Crippen molar-refractivity contribution in [1.82, 2.24) is 14.9 Å². The number of ether oxygens (including phenoxy) is 1. The van der Waals surface area contributed by atoms with Crippen LogP contribution in [-0.4, -0.2) is 52.0 Å². The molecular formula is C20H18N4O4. The number of hydrogen-bond donors (Lipinski definition) is 1. The molecule has 2 aromatic carbocycles. The number of carbonyl (C=O) groups is 1. The van der Waals surface area contributed by atoms with Crippen LogP contribution in [0.15, 0.2) is 48.5 Å². The maximum absolute atomic E-state index is 13.2. The Balaban J connectivity index is 1.79. The van der Waals surface area contributed by atoms with Gasteiger partial charge in [-0.1, -0.05) is 24.3 Å². The SMILES string of the molecule is O=C(C(=Cc1cccc([N+](=O)[O-])c1)c1nc2ccccc2[nH]1)N1CCOCC1. The van der Waals surface area contributed by atoms with E-state index in [1.165, 1.54) is 12.1 Å². The summed E-state index contributed by atoms with van der Waals surface area (Å²) in [5, 5.41) is 11.1. The molecule has 28 heavy (non-hydrogen) atoms. The zero-order chi connectivity index (χ0) is 19.5. The number of para-hydroxylation sites is 2. The Morgan fingerprint density at radius 3 is 2.71 bits per heavy atom.